The van der Waals surface area contributed by atoms with Gasteiger partial charge in [-0.1, -0.05) is 174 Å². The molecule has 53 heavy (non-hydrogen) atoms. The molecule has 0 unspecified atom stereocenters. The Kier molecular flexibility index (Phi) is 31.2. The second-order valence-corrected chi connectivity index (χ2v) is 16.4. The molecule has 310 valence electrons. The molecule has 1 aliphatic rings. The average Bonchev–Trinajstić information content (AvgIpc) is 3.40. The molecule has 5 atom stereocenters. The molecule has 0 aromatic heterocycles. The number of rotatable bonds is 36. The van der Waals surface area contributed by atoms with E-state index in [4.69, 9.17) is 9.47 Å². The summed E-state index contributed by atoms with van der Waals surface area (Å²) in [6, 6.07) is 0. The van der Waals surface area contributed by atoms with Crippen molar-refractivity contribution >= 4 is 17.7 Å². The third kappa shape index (κ3) is 28.3. The van der Waals surface area contributed by atoms with Gasteiger partial charge in [-0.05, 0) is 31.6 Å². The Balaban J connectivity index is 1.95. The van der Waals surface area contributed by atoms with Crippen molar-refractivity contribution in [1.82, 2.24) is 0 Å². The highest BCUT2D eigenvalue weighted by molar-refractivity contribution is 5.84. The monoisotopic (exact) mass is 751 g/mol. The van der Waals surface area contributed by atoms with Crippen LogP contribution in [-0.2, 0) is 23.9 Å². The number of Topliss-reactive ketones (excluding diaryl/α,β-unsaturated/α-hetero) is 1. The predicted molar refractivity (Wildman–Crippen MR) is 215 cm³/mol. The van der Waals surface area contributed by atoms with Crippen molar-refractivity contribution in [2.24, 2.45) is 17.8 Å². The fourth-order valence-electron chi connectivity index (χ4n) is 7.40. The molecule has 0 radical (unpaired) electrons. The summed E-state index contributed by atoms with van der Waals surface area (Å²) in [6.45, 7) is 6.38. The van der Waals surface area contributed by atoms with E-state index in [2.05, 4.69) is 20.8 Å². The van der Waals surface area contributed by atoms with Crippen molar-refractivity contribution in [1.29, 1.82) is 0 Å². The van der Waals surface area contributed by atoms with Crippen LogP contribution in [0.4, 0.5) is 0 Å². The van der Waals surface area contributed by atoms with Crippen LogP contribution < -0.4 is 0 Å². The van der Waals surface area contributed by atoms with Gasteiger partial charge in [0.05, 0.1) is 12.2 Å². The molecule has 1 rings (SSSR count). The molecule has 1 aliphatic carbocycles. The number of carbonyl (C=O) groups is 3. The zero-order valence-corrected chi connectivity index (χ0v) is 34.4. The largest absolute Gasteiger partial charge is 0.463 e. The lowest BCUT2D eigenvalue weighted by Gasteiger charge is -2.18. The molecule has 1 fully saturated rings. The molecular weight excluding hydrogens is 668 g/mol. The molecule has 8 heteroatoms. The number of esters is 2. The zero-order valence-electron chi connectivity index (χ0n) is 34.4. The molecule has 0 heterocycles. The van der Waals surface area contributed by atoms with E-state index in [9.17, 15) is 29.7 Å². The van der Waals surface area contributed by atoms with Gasteiger partial charge in [0.1, 0.15) is 25.1 Å². The predicted octanol–water partition coefficient (Wildman–Crippen LogP) is 10.5. The number of ether oxygens (including phenoxy) is 2. The van der Waals surface area contributed by atoms with E-state index < -0.39 is 18.3 Å². The number of carbonyl (C=O) groups excluding carboxylic acids is 3. The Morgan fingerprint density at radius 1 is 0.660 bits per heavy atom. The fraction of sp³-hybridized carbons (Fsp3) is 0.889. The SMILES string of the molecule is CCCCC[C@H](O)/C=C/[C@H]1[C@H](O)CC(=O)[C@@H]1CCCCCCC(=O)OC[C@H](O)COC(=O)CCCCCCCCCCCCCCCCCCC(C)C. The molecule has 0 aliphatic heterocycles. The smallest absolute Gasteiger partial charge is 0.305 e. The number of ketones is 1. The Hall–Kier alpha value is -1.77. The lowest BCUT2D eigenvalue weighted by Crippen LogP contribution is -2.25. The highest BCUT2D eigenvalue weighted by Crippen LogP contribution is 2.34. The van der Waals surface area contributed by atoms with Gasteiger partial charge < -0.3 is 24.8 Å². The van der Waals surface area contributed by atoms with Gasteiger partial charge in [-0.25, -0.2) is 0 Å². The fourth-order valence-corrected chi connectivity index (χ4v) is 7.40. The van der Waals surface area contributed by atoms with Crippen molar-refractivity contribution in [2.75, 3.05) is 13.2 Å². The van der Waals surface area contributed by atoms with Gasteiger partial charge in [-0.2, -0.15) is 0 Å². The first-order valence-electron chi connectivity index (χ1n) is 22.2. The number of aliphatic hydroxyl groups is 3. The highest BCUT2D eigenvalue weighted by atomic mass is 16.6. The Labute approximate surface area is 324 Å². The van der Waals surface area contributed by atoms with Crippen LogP contribution in [0.25, 0.3) is 0 Å². The van der Waals surface area contributed by atoms with Crippen LogP contribution in [0, 0.1) is 17.8 Å². The van der Waals surface area contributed by atoms with Crippen molar-refractivity contribution < 1.29 is 39.2 Å². The van der Waals surface area contributed by atoms with Crippen molar-refractivity contribution in [2.45, 2.75) is 225 Å². The van der Waals surface area contributed by atoms with Gasteiger partial charge in [0.2, 0.25) is 0 Å². The third-order valence-electron chi connectivity index (χ3n) is 10.8. The van der Waals surface area contributed by atoms with E-state index in [0.29, 0.717) is 25.7 Å². The van der Waals surface area contributed by atoms with Crippen LogP contribution in [-0.4, -0.2) is 64.6 Å². The summed E-state index contributed by atoms with van der Waals surface area (Å²) in [7, 11) is 0. The summed E-state index contributed by atoms with van der Waals surface area (Å²) in [5.74, 6) is -0.251. The molecule has 0 amide bonds. The third-order valence-corrected chi connectivity index (χ3v) is 10.8. The van der Waals surface area contributed by atoms with Crippen LogP contribution in [0.2, 0.25) is 0 Å². The second-order valence-electron chi connectivity index (χ2n) is 16.4. The maximum absolute atomic E-state index is 12.5. The first-order valence-corrected chi connectivity index (χ1v) is 22.2. The zero-order chi connectivity index (χ0) is 38.9. The van der Waals surface area contributed by atoms with E-state index >= 15 is 0 Å². The Morgan fingerprint density at radius 3 is 1.57 bits per heavy atom. The summed E-state index contributed by atoms with van der Waals surface area (Å²) in [6.07, 6.45) is 31.7. The Morgan fingerprint density at radius 2 is 1.09 bits per heavy atom. The summed E-state index contributed by atoms with van der Waals surface area (Å²) in [5.41, 5.74) is 0. The van der Waals surface area contributed by atoms with Crippen LogP contribution in [0.1, 0.15) is 207 Å². The molecule has 8 nitrogen and oxygen atoms in total. The molecule has 0 spiro atoms. The average molecular weight is 751 g/mol. The molecule has 0 aromatic carbocycles. The lowest BCUT2D eigenvalue weighted by atomic mass is 9.88. The van der Waals surface area contributed by atoms with E-state index in [1.807, 2.05) is 6.08 Å². The number of unbranched alkanes of at least 4 members (excludes halogenated alkanes) is 20. The van der Waals surface area contributed by atoms with Crippen LogP contribution >= 0.6 is 0 Å². The van der Waals surface area contributed by atoms with Gasteiger partial charge >= 0.3 is 11.9 Å². The van der Waals surface area contributed by atoms with E-state index in [1.165, 1.54) is 89.9 Å². The molecule has 0 saturated heterocycles. The van der Waals surface area contributed by atoms with Crippen molar-refractivity contribution in [3.63, 3.8) is 0 Å². The van der Waals surface area contributed by atoms with Gasteiger partial charge in [0.25, 0.3) is 0 Å². The first-order chi connectivity index (χ1) is 25.6. The van der Waals surface area contributed by atoms with Crippen LogP contribution in [0.3, 0.4) is 0 Å². The summed E-state index contributed by atoms with van der Waals surface area (Å²) in [4.78, 5) is 36.6. The topological polar surface area (TPSA) is 130 Å². The number of hydrogen-bond acceptors (Lipinski definition) is 8. The van der Waals surface area contributed by atoms with Crippen LogP contribution in [0.5, 0.6) is 0 Å². The Bertz CT molecular complexity index is 933. The maximum Gasteiger partial charge on any atom is 0.305 e. The quantitative estimate of drug-likeness (QED) is 0.0328. The molecule has 0 bridgehead atoms. The first kappa shape index (κ1) is 49.2. The minimum Gasteiger partial charge on any atom is -0.463 e. The van der Waals surface area contributed by atoms with E-state index in [-0.39, 0.29) is 55.6 Å². The lowest BCUT2D eigenvalue weighted by molar-refractivity contribution is -0.152. The summed E-state index contributed by atoms with van der Waals surface area (Å²) < 4.78 is 10.3. The second kappa shape index (κ2) is 33.6. The molecular formula is C45H82O8. The summed E-state index contributed by atoms with van der Waals surface area (Å²) >= 11 is 0. The molecule has 0 aromatic rings. The van der Waals surface area contributed by atoms with Gasteiger partial charge in [-0.3, -0.25) is 14.4 Å². The minimum atomic E-state index is -1.04. The number of hydrogen-bond donors (Lipinski definition) is 3. The highest BCUT2D eigenvalue weighted by Gasteiger charge is 2.39. The summed E-state index contributed by atoms with van der Waals surface area (Å²) in [5, 5.41) is 30.7. The van der Waals surface area contributed by atoms with Gasteiger partial charge in [0, 0.05) is 31.1 Å². The van der Waals surface area contributed by atoms with Crippen molar-refractivity contribution in [3.05, 3.63) is 12.2 Å². The van der Waals surface area contributed by atoms with E-state index in [1.54, 1.807) is 6.08 Å². The van der Waals surface area contributed by atoms with Crippen LogP contribution in [0.15, 0.2) is 12.2 Å². The normalized spacial score (nSPS) is 18.6. The number of aliphatic hydroxyl groups excluding tert-OH is 3. The van der Waals surface area contributed by atoms with Gasteiger partial charge in [-0.15, -0.1) is 0 Å². The minimum absolute atomic E-state index is 0.0841. The standard InChI is InChI=1S/C45H82O8/c1-4-5-22-28-38(46)32-33-41-40(42(48)34-43(41)49)29-24-20-21-26-31-45(51)53-36-39(47)35-52-44(50)30-25-19-17-15-13-11-9-7-6-8-10-12-14-16-18-23-27-37(2)3/h32-33,37-41,43,46-47,49H,4-31,34-36H2,1-3H3/b33-32+/t38-,39+,40+,41+,43+/m0/s1. The van der Waals surface area contributed by atoms with Gasteiger partial charge in [0.15, 0.2) is 0 Å². The molecule has 1 saturated carbocycles. The maximum atomic E-state index is 12.5. The molecule has 3 N–H and O–H groups in total. The van der Waals surface area contributed by atoms with E-state index in [0.717, 1.165) is 63.7 Å². The van der Waals surface area contributed by atoms with Crippen molar-refractivity contribution in [3.8, 4) is 0 Å².